The molecule has 0 aromatic rings. The van der Waals surface area contributed by atoms with Gasteiger partial charge in [0.05, 0.1) is 6.10 Å². The molecule has 0 heterocycles. The number of Topliss-reactive ketones (excluding diaryl/α,β-unsaturated/α-hetero) is 1. The number of hydrogen-bond donors (Lipinski definition) is 2. The van der Waals surface area contributed by atoms with Gasteiger partial charge in [-0.25, -0.2) is 0 Å². The van der Waals surface area contributed by atoms with Crippen LogP contribution in [0.15, 0.2) is 11.3 Å². The topological polar surface area (TPSA) is 57.5 Å². The van der Waals surface area contributed by atoms with Crippen molar-refractivity contribution in [2.24, 2.45) is 5.41 Å². The van der Waals surface area contributed by atoms with Crippen molar-refractivity contribution in [3.05, 3.63) is 11.3 Å². The summed E-state index contributed by atoms with van der Waals surface area (Å²) < 4.78 is 0. The van der Waals surface area contributed by atoms with Gasteiger partial charge < -0.3 is 10.2 Å². The number of carbonyl (C=O) groups excluding carboxylic acids is 1. The summed E-state index contributed by atoms with van der Waals surface area (Å²) in [6.07, 6.45) is 1.98. The van der Waals surface area contributed by atoms with E-state index in [0.717, 1.165) is 5.57 Å². The molecule has 2 aliphatic rings. The fourth-order valence-corrected chi connectivity index (χ4v) is 2.45. The first-order chi connectivity index (χ1) is 6.05. The SMILES string of the molecule is C[C@]12CCC(=O)C(O)=C1CC[C@@H]2O. The highest BCUT2D eigenvalue weighted by atomic mass is 16.3. The van der Waals surface area contributed by atoms with Gasteiger partial charge in [0.25, 0.3) is 0 Å². The monoisotopic (exact) mass is 182 g/mol. The first-order valence-corrected chi connectivity index (χ1v) is 4.69. The number of hydrogen-bond acceptors (Lipinski definition) is 3. The van der Waals surface area contributed by atoms with Crippen molar-refractivity contribution >= 4 is 5.78 Å². The van der Waals surface area contributed by atoms with Crippen LogP contribution in [0.1, 0.15) is 32.6 Å². The second-order valence-electron chi connectivity index (χ2n) is 4.22. The zero-order valence-electron chi connectivity index (χ0n) is 7.71. The average Bonchev–Trinajstić information content (AvgIpc) is 2.39. The summed E-state index contributed by atoms with van der Waals surface area (Å²) in [6, 6.07) is 0. The van der Waals surface area contributed by atoms with Crippen LogP contribution in [0.5, 0.6) is 0 Å². The second-order valence-corrected chi connectivity index (χ2v) is 4.22. The molecule has 72 valence electrons. The highest BCUT2D eigenvalue weighted by Gasteiger charge is 2.47. The van der Waals surface area contributed by atoms with Crippen LogP contribution in [0.25, 0.3) is 0 Å². The third-order valence-corrected chi connectivity index (χ3v) is 3.51. The number of aliphatic hydroxyl groups excluding tert-OH is 2. The lowest BCUT2D eigenvalue weighted by molar-refractivity contribution is -0.119. The minimum atomic E-state index is -0.391. The Kier molecular flexibility index (Phi) is 1.74. The fraction of sp³-hybridized carbons (Fsp3) is 0.700. The molecule has 1 fully saturated rings. The normalized spacial score (nSPS) is 39.5. The lowest BCUT2D eigenvalue weighted by Crippen LogP contribution is -2.33. The van der Waals surface area contributed by atoms with Crippen molar-refractivity contribution in [1.29, 1.82) is 0 Å². The minimum absolute atomic E-state index is 0.0784. The van der Waals surface area contributed by atoms with Crippen molar-refractivity contribution in [2.75, 3.05) is 0 Å². The summed E-state index contributed by atoms with van der Waals surface area (Å²) in [5.41, 5.74) is 0.439. The number of ketones is 1. The molecule has 1 saturated carbocycles. The van der Waals surface area contributed by atoms with Gasteiger partial charge in [-0.1, -0.05) is 6.92 Å². The van der Waals surface area contributed by atoms with Crippen LogP contribution in [0.3, 0.4) is 0 Å². The molecule has 0 unspecified atom stereocenters. The van der Waals surface area contributed by atoms with E-state index >= 15 is 0 Å². The highest BCUT2D eigenvalue weighted by molar-refractivity contribution is 5.95. The molecule has 0 aliphatic heterocycles. The Bertz CT molecular complexity index is 293. The zero-order chi connectivity index (χ0) is 9.64. The van der Waals surface area contributed by atoms with E-state index in [1.54, 1.807) is 0 Å². The van der Waals surface area contributed by atoms with Crippen LogP contribution >= 0.6 is 0 Å². The molecule has 2 aliphatic carbocycles. The van der Waals surface area contributed by atoms with Gasteiger partial charge in [-0.3, -0.25) is 4.79 Å². The maximum absolute atomic E-state index is 11.2. The predicted molar refractivity (Wildman–Crippen MR) is 47.2 cm³/mol. The van der Waals surface area contributed by atoms with Gasteiger partial charge in [-0.15, -0.1) is 0 Å². The van der Waals surface area contributed by atoms with E-state index in [0.29, 0.717) is 25.7 Å². The van der Waals surface area contributed by atoms with Crippen LogP contribution < -0.4 is 0 Å². The molecule has 0 aromatic carbocycles. The summed E-state index contributed by atoms with van der Waals surface area (Å²) in [5.74, 6) is -0.244. The Labute approximate surface area is 77.1 Å². The number of aliphatic hydroxyl groups is 2. The molecule has 2 rings (SSSR count). The first-order valence-electron chi connectivity index (χ1n) is 4.69. The Hall–Kier alpha value is -0.830. The van der Waals surface area contributed by atoms with E-state index < -0.39 is 6.10 Å². The molecule has 3 heteroatoms. The van der Waals surface area contributed by atoms with Gasteiger partial charge in [-0.2, -0.15) is 0 Å². The van der Waals surface area contributed by atoms with E-state index in [9.17, 15) is 15.0 Å². The molecule has 2 atom stereocenters. The Morgan fingerprint density at radius 3 is 2.85 bits per heavy atom. The molecular formula is C10H14O3. The maximum atomic E-state index is 11.2. The van der Waals surface area contributed by atoms with Crippen LogP contribution in [-0.4, -0.2) is 22.1 Å². The Balaban J connectivity index is 2.48. The van der Waals surface area contributed by atoms with E-state index in [-0.39, 0.29) is 17.0 Å². The summed E-state index contributed by atoms with van der Waals surface area (Å²) in [5, 5.41) is 19.3. The third kappa shape index (κ3) is 1.03. The number of allylic oxidation sites excluding steroid dienone is 1. The van der Waals surface area contributed by atoms with E-state index in [1.165, 1.54) is 0 Å². The lowest BCUT2D eigenvalue weighted by Gasteiger charge is -2.33. The van der Waals surface area contributed by atoms with Gasteiger partial charge >= 0.3 is 0 Å². The van der Waals surface area contributed by atoms with E-state index in [4.69, 9.17) is 0 Å². The average molecular weight is 182 g/mol. The summed E-state index contributed by atoms with van der Waals surface area (Å²) >= 11 is 0. The lowest BCUT2D eigenvalue weighted by atomic mass is 9.73. The summed E-state index contributed by atoms with van der Waals surface area (Å²) in [6.45, 7) is 1.93. The Morgan fingerprint density at radius 1 is 1.46 bits per heavy atom. The Morgan fingerprint density at radius 2 is 2.15 bits per heavy atom. The highest BCUT2D eigenvalue weighted by Crippen LogP contribution is 2.49. The van der Waals surface area contributed by atoms with Crippen molar-refractivity contribution in [1.82, 2.24) is 0 Å². The quantitative estimate of drug-likeness (QED) is 0.594. The van der Waals surface area contributed by atoms with E-state index in [1.807, 2.05) is 6.92 Å². The molecule has 0 saturated heterocycles. The van der Waals surface area contributed by atoms with Gasteiger partial charge in [0.2, 0.25) is 0 Å². The zero-order valence-corrected chi connectivity index (χ0v) is 7.71. The molecule has 0 bridgehead atoms. The number of rotatable bonds is 0. The molecule has 3 nitrogen and oxygen atoms in total. The van der Waals surface area contributed by atoms with Gasteiger partial charge in [0.15, 0.2) is 11.5 Å². The van der Waals surface area contributed by atoms with Crippen molar-refractivity contribution in [3.63, 3.8) is 0 Å². The maximum Gasteiger partial charge on any atom is 0.197 e. The predicted octanol–water partition coefficient (Wildman–Crippen LogP) is 1.32. The first kappa shape index (κ1) is 8.75. The van der Waals surface area contributed by atoms with Crippen molar-refractivity contribution in [3.8, 4) is 0 Å². The summed E-state index contributed by atoms with van der Waals surface area (Å²) in [7, 11) is 0. The van der Waals surface area contributed by atoms with Crippen molar-refractivity contribution < 1.29 is 15.0 Å². The molecular weight excluding hydrogens is 168 g/mol. The van der Waals surface area contributed by atoms with Gasteiger partial charge in [-0.05, 0) is 24.8 Å². The number of carbonyl (C=O) groups is 1. The third-order valence-electron chi connectivity index (χ3n) is 3.51. The molecule has 0 spiro atoms. The fourth-order valence-electron chi connectivity index (χ4n) is 2.45. The van der Waals surface area contributed by atoms with Crippen LogP contribution in [-0.2, 0) is 4.79 Å². The smallest absolute Gasteiger partial charge is 0.197 e. The van der Waals surface area contributed by atoms with E-state index in [2.05, 4.69) is 0 Å². The van der Waals surface area contributed by atoms with Crippen LogP contribution in [0.2, 0.25) is 0 Å². The molecule has 0 radical (unpaired) electrons. The van der Waals surface area contributed by atoms with Gasteiger partial charge in [0.1, 0.15) is 0 Å². The standard InChI is InChI=1S/C10H14O3/c1-10-5-4-7(11)9(13)6(10)2-3-8(10)12/h8,12-13H,2-5H2,1H3/t8-,10-/m0/s1. The molecule has 0 aromatic heterocycles. The molecule has 2 N–H and O–H groups in total. The largest absolute Gasteiger partial charge is 0.504 e. The molecule has 0 amide bonds. The van der Waals surface area contributed by atoms with Crippen LogP contribution in [0, 0.1) is 5.41 Å². The second kappa shape index (κ2) is 2.58. The van der Waals surface area contributed by atoms with Gasteiger partial charge in [0, 0.05) is 11.8 Å². The minimum Gasteiger partial charge on any atom is -0.504 e. The molecule has 13 heavy (non-hydrogen) atoms. The van der Waals surface area contributed by atoms with Crippen LogP contribution in [0.4, 0.5) is 0 Å². The summed E-state index contributed by atoms with van der Waals surface area (Å²) in [4.78, 5) is 11.2. The number of fused-ring (bicyclic) bond motifs is 1. The van der Waals surface area contributed by atoms with Crippen molar-refractivity contribution in [2.45, 2.75) is 38.7 Å².